The van der Waals surface area contributed by atoms with Gasteiger partial charge in [0, 0.05) is 5.54 Å². The van der Waals surface area contributed by atoms with E-state index in [1.54, 1.807) is 0 Å². The third-order valence-electron chi connectivity index (χ3n) is 4.18. The molecule has 1 aliphatic rings. The highest BCUT2D eigenvalue weighted by Crippen LogP contribution is 2.39. The van der Waals surface area contributed by atoms with Crippen molar-refractivity contribution in [1.29, 1.82) is 0 Å². The van der Waals surface area contributed by atoms with Crippen LogP contribution in [0, 0.1) is 12.3 Å². The minimum Gasteiger partial charge on any atom is -0.307 e. The summed E-state index contributed by atoms with van der Waals surface area (Å²) >= 11 is 0. The molecule has 0 bridgehead atoms. The van der Waals surface area contributed by atoms with Crippen LogP contribution in [0.4, 0.5) is 0 Å². The van der Waals surface area contributed by atoms with Crippen LogP contribution in [0.15, 0.2) is 24.3 Å². The molecule has 0 amide bonds. The van der Waals surface area contributed by atoms with Crippen molar-refractivity contribution in [2.75, 3.05) is 6.54 Å². The number of benzene rings is 1. The fraction of sp³-hybridized carbons (Fsp3) is 0.667. The Labute approximate surface area is 118 Å². The van der Waals surface area contributed by atoms with E-state index in [2.05, 4.69) is 57.3 Å². The summed E-state index contributed by atoms with van der Waals surface area (Å²) < 4.78 is 0. The first kappa shape index (κ1) is 14.6. The van der Waals surface area contributed by atoms with Crippen molar-refractivity contribution < 1.29 is 0 Å². The number of aryl methyl sites for hydroxylation is 1. The molecule has 1 unspecified atom stereocenters. The van der Waals surface area contributed by atoms with E-state index < -0.39 is 0 Å². The van der Waals surface area contributed by atoms with Gasteiger partial charge < -0.3 is 5.32 Å². The summed E-state index contributed by atoms with van der Waals surface area (Å²) in [5.41, 5.74) is 3.36. The molecule has 0 spiro atoms. The van der Waals surface area contributed by atoms with Gasteiger partial charge in [0.05, 0.1) is 0 Å². The maximum absolute atomic E-state index is 3.89. The number of hydrogen-bond donors (Lipinski definition) is 1. The normalized spacial score (nSPS) is 25.1. The lowest BCUT2D eigenvalue weighted by Crippen LogP contribution is -2.44. The molecule has 1 heteroatoms. The minimum atomic E-state index is 0.183. The molecule has 0 aromatic heterocycles. The topological polar surface area (TPSA) is 12.0 Å². The summed E-state index contributed by atoms with van der Waals surface area (Å²) in [7, 11) is 0. The predicted molar refractivity (Wildman–Crippen MR) is 83.4 cm³/mol. The second-order valence-electron chi connectivity index (χ2n) is 7.42. The van der Waals surface area contributed by atoms with Crippen LogP contribution in [-0.4, -0.2) is 6.54 Å². The Kier molecular flexibility index (Phi) is 4.35. The van der Waals surface area contributed by atoms with Crippen LogP contribution in [-0.2, 0) is 5.54 Å². The molecule has 1 fully saturated rings. The van der Waals surface area contributed by atoms with Crippen molar-refractivity contribution in [2.45, 2.75) is 65.3 Å². The van der Waals surface area contributed by atoms with Crippen molar-refractivity contribution >= 4 is 0 Å². The van der Waals surface area contributed by atoms with E-state index in [0.717, 1.165) is 6.54 Å². The molecule has 1 aromatic carbocycles. The summed E-state index contributed by atoms with van der Waals surface area (Å²) in [5, 5.41) is 3.89. The first-order valence-electron chi connectivity index (χ1n) is 7.74. The van der Waals surface area contributed by atoms with E-state index in [0.29, 0.717) is 5.41 Å². The highest BCUT2D eigenvalue weighted by Gasteiger charge is 2.36. The fourth-order valence-electron chi connectivity index (χ4n) is 3.42. The summed E-state index contributed by atoms with van der Waals surface area (Å²) in [6.07, 6.45) is 6.51. The van der Waals surface area contributed by atoms with Crippen LogP contribution in [0.2, 0.25) is 0 Å². The second kappa shape index (κ2) is 5.66. The van der Waals surface area contributed by atoms with E-state index in [1.165, 1.54) is 43.2 Å². The van der Waals surface area contributed by atoms with Gasteiger partial charge in [-0.15, -0.1) is 0 Å². The van der Waals surface area contributed by atoms with Gasteiger partial charge in [0.1, 0.15) is 0 Å². The molecule has 1 atom stereocenters. The van der Waals surface area contributed by atoms with Crippen LogP contribution in [0.3, 0.4) is 0 Å². The molecular weight excluding hydrogens is 230 g/mol. The van der Waals surface area contributed by atoms with E-state index in [9.17, 15) is 0 Å². The molecular formula is C18H29N. The summed E-state index contributed by atoms with van der Waals surface area (Å²) in [6, 6.07) is 9.18. The molecule has 1 nitrogen and oxygen atoms in total. The lowest BCUT2D eigenvalue weighted by atomic mass is 9.73. The zero-order valence-corrected chi connectivity index (χ0v) is 13.1. The van der Waals surface area contributed by atoms with Crippen molar-refractivity contribution in [3.8, 4) is 0 Å². The van der Waals surface area contributed by atoms with E-state index in [-0.39, 0.29) is 5.54 Å². The lowest BCUT2D eigenvalue weighted by molar-refractivity contribution is 0.202. The van der Waals surface area contributed by atoms with Gasteiger partial charge in [0.2, 0.25) is 0 Å². The molecule has 1 N–H and O–H groups in total. The zero-order valence-electron chi connectivity index (χ0n) is 13.1. The summed E-state index contributed by atoms with van der Waals surface area (Å²) in [6.45, 7) is 10.4. The molecule has 0 radical (unpaired) electrons. The van der Waals surface area contributed by atoms with Crippen LogP contribution in [0.5, 0.6) is 0 Å². The summed E-state index contributed by atoms with van der Waals surface area (Å²) in [5.74, 6) is 0. The van der Waals surface area contributed by atoms with Crippen molar-refractivity contribution in [1.82, 2.24) is 5.32 Å². The number of rotatable bonds is 2. The highest BCUT2D eigenvalue weighted by atomic mass is 15.0. The quantitative estimate of drug-likeness (QED) is 0.805. The first-order valence-corrected chi connectivity index (χ1v) is 7.74. The van der Waals surface area contributed by atoms with Gasteiger partial charge in [-0.1, -0.05) is 63.4 Å². The van der Waals surface area contributed by atoms with E-state index in [1.807, 2.05) is 0 Å². The Morgan fingerprint density at radius 2 is 1.74 bits per heavy atom. The molecule has 0 saturated carbocycles. The van der Waals surface area contributed by atoms with Gasteiger partial charge >= 0.3 is 0 Å². The molecule has 1 saturated heterocycles. The maximum Gasteiger partial charge on any atom is 0.0439 e. The average Bonchev–Trinajstić information content (AvgIpc) is 2.54. The van der Waals surface area contributed by atoms with E-state index in [4.69, 9.17) is 0 Å². The molecule has 106 valence electrons. The third-order valence-corrected chi connectivity index (χ3v) is 4.18. The Morgan fingerprint density at radius 3 is 2.37 bits per heavy atom. The smallest absolute Gasteiger partial charge is 0.0439 e. The van der Waals surface area contributed by atoms with Crippen LogP contribution in [0.25, 0.3) is 0 Å². The second-order valence-corrected chi connectivity index (χ2v) is 7.42. The average molecular weight is 259 g/mol. The third kappa shape index (κ3) is 3.82. The minimum absolute atomic E-state index is 0.183. The monoisotopic (exact) mass is 259 g/mol. The Bertz CT molecular complexity index is 389. The Hall–Kier alpha value is -0.820. The van der Waals surface area contributed by atoms with Gasteiger partial charge in [-0.05, 0) is 43.7 Å². The zero-order chi connectivity index (χ0) is 13.9. The van der Waals surface area contributed by atoms with Crippen molar-refractivity contribution in [3.63, 3.8) is 0 Å². The van der Waals surface area contributed by atoms with Crippen LogP contribution >= 0.6 is 0 Å². The molecule has 1 aliphatic heterocycles. The largest absolute Gasteiger partial charge is 0.307 e. The standard InChI is InChI=1S/C18H29N/c1-15-8-10-16(11-9-15)18(14-17(2,3)4)12-6-5-7-13-19-18/h8-11,19H,5-7,12-14H2,1-4H3. The van der Waals surface area contributed by atoms with Gasteiger partial charge in [-0.2, -0.15) is 0 Å². The molecule has 1 aromatic rings. The molecule has 19 heavy (non-hydrogen) atoms. The van der Waals surface area contributed by atoms with Gasteiger partial charge in [-0.3, -0.25) is 0 Å². The van der Waals surface area contributed by atoms with Gasteiger partial charge in [-0.25, -0.2) is 0 Å². The Morgan fingerprint density at radius 1 is 1.05 bits per heavy atom. The fourth-order valence-corrected chi connectivity index (χ4v) is 3.42. The van der Waals surface area contributed by atoms with Crippen LogP contribution in [0.1, 0.15) is 64.0 Å². The molecule has 2 rings (SSSR count). The lowest BCUT2D eigenvalue weighted by Gasteiger charge is -2.40. The van der Waals surface area contributed by atoms with Crippen LogP contribution < -0.4 is 5.32 Å². The predicted octanol–water partition coefficient (Wildman–Crippen LogP) is 4.79. The highest BCUT2D eigenvalue weighted by molar-refractivity contribution is 5.29. The molecule has 0 aliphatic carbocycles. The van der Waals surface area contributed by atoms with Gasteiger partial charge in [0.25, 0.3) is 0 Å². The van der Waals surface area contributed by atoms with E-state index >= 15 is 0 Å². The maximum atomic E-state index is 3.89. The van der Waals surface area contributed by atoms with Crippen molar-refractivity contribution in [2.24, 2.45) is 5.41 Å². The van der Waals surface area contributed by atoms with Gasteiger partial charge in [0.15, 0.2) is 0 Å². The van der Waals surface area contributed by atoms with Crippen molar-refractivity contribution in [3.05, 3.63) is 35.4 Å². The Balaban J connectivity index is 2.34. The first-order chi connectivity index (χ1) is 8.91. The summed E-state index contributed by atoms with van der Waals surface area (Å²) in [4.78, 5) is 0. The number of nitrogens with one attached hydrogen (secondary N) is 1. The SMILES string of the molecule is Cc1ccc(C2(CC(C)(C)C)CCCCCN2)cc1. The molecule has 1 heterocycles. The number of hydrogen-bond acceptors (Lipinski definition) is 1.